The number of hydrogen-bond acceptors (Lipinski definition) is 3. The van der Waals surface area contributed by atoms with Crippen molar-refractivity contribution < 1.29 is 4.79 Å². The van der Waals surface area contributed by atoms with Crippen LogP contribution in [0.5, 0.6) is 0 Å². The Labute approximate surface area is 137 Å². The Balaban J connectivity index is 1.39. The molecule has 3 heterocycles. The number of carbonyl (C=O) groups excluding carboxylic acids is 1. The van der Waals surface area contributed by atoms with Crippen molar-refractivity contribution in [2.45, 2.75) is 62.7 Å². The highest BCUT2D eigenvalue weighted by atomic mass is 16.2. The summed E-state index contributed by atoms with van der Waals surface area (Å²) in [5.41, 5.74) is 0. The summed E-state index contributed by atoms with van der Waals surface area (Å²) in [4.78, 5) is 21.5. The molecule has 2 amide bonds. The number of nitrogens with zero attached hydrogens (tertiary/aromatic N) is 4. The summed E-state index contributed by atoms with van der Waals surface area (Å²) in [6.07, 6.45) is 12.7. The van der Waals surface area contributed by atoms with Crippen LogP contribution in [0, 0.1) is 0 Å². The van der Waals surface area contributed by atoms with Gasteiger partial charge in [-0.05, 0) is 45.6 Å². The van der Waals surface area contributed by atoms with Crippen LogP contribution >= 0.6 is 0 Å². The molecule has 0 aromatic carbocycles. The van der Waals surface area contributed by atoms with E-state index in [0.717, 1.165) is 32.4 Å². The van der Waals surface area contributed by atoms with Gasteiger partial charge in [0.05, 0.1) is 18.4 Å². The minimum atomic E-state index is 0.128. The lowest BCUT2D eigenvalue weighted by atomic mass is 10.1. The monoisotopic (exact) mass is 317 g/mol. The lowest BCUT2D eigenvalue weighted by molar-refractivity contribution is 0.182. The second-order valence-corrected chi connectivity index (χ2v) is 7.35. The highest BCUT2D eigenvalue weighted by Gasteiger charge is 2.37. The van der Waals surface area contributed by atoms with E-state index in [1.807, 2.05) is 23.6 Å². The average molecular weight is 317 g/mol. The normalized spacial score (nSPS) is 34.6. The molecule has 1 aromatic heterocycles. The summed E-state index contributed by atoms with van der Waals surface area (Å²) < 4.78 is 2.15. The molecule has 3 aliphatic rings. The number of amides is 2. The maximum Gasteiger partial charge on any atom is 0.317 e. The van der Waals surface area contributed by atoms with Gasteiger partial charge in [0.1, 0.15) is 0 Å². The van der Waals surface area contributed by atoms with E-state index in [9.17, 15) is 4.79 Å². The van der Waals surface area contributed by atoms with E-state index >= 15 is 0 Å². The van der Waals surface area contributed by atoms with Crippen LogP contribution in [0.4, 0.5) is 4.79 Å². The van der Waals surface area contributed by atoms with Gasteiger partial charge in [-0.2, -0.15) is 0 Å². The summed E-state index contributed by atoms with van der Waals surface area (Å²) in [6.45, 7) is 1.76. The number of hydrogen-bond donors (Lipinski definition) is 1. The molecule has 126 valence electrons. The van der Waals surface area contributed by atoms with Gasteiger partial charge in [0.2, 0.25) is 0 Å². The van der Waals surface area contributed by atoms with Gasteiger partial charge in [0.25, 0.3) is 0 Å². The smallest absolute Gasteiger partial charge is 0.317 e. The summed E-state index contributed by atoms with van der Waals surface area (Å²) in [7, 11) is 2.22. The molecule has 0 radical (unpaired) electrons. The molecule has 3 fully saturated rings. The van der Waals surface area contributed by atoms with Gasteiger partial charge in [-0.15, -0.1) is 0 Å². The highest BCUT2D eigenvalue weighted by Crippen LogP contribution is 2.31. The van der Waals surface area contributed by atoms with E-state index in [4.69, 9.17) is 0 Å². The van der Waals surface area contributed by atoms with Crippen LogP contribution in [0.3, 0.4) is 0 Å². The van der Waals surface area contributed by atoms with Crippen LogP contribution < -0.4 is 5.32 Å². The summed E-state index contributed by atoms with van der Waals surface area (Å²) in [6, 6.07) is 1.93. The molecule has 0 spiro atoms. The number of fused-ring (bicyclic) bond motifs is 2. The molecule has 6 heteroatoms. The third-order valence-electron chi connectivity index (χ3n) is 6.13. The number of urea groups is 1. The molecule has 4 rings (SSSR count). The molecular weight excluding hydrogens is 290 g/mol. The Kier molecular flexibility index (Phi) is 4.01. The summed E-state index contributed by atoms with van der Waals surface area (Å²) >= 11 is 0. The first-order chi connectivity index (χ1) is 11.2. The molecule has 23 heavy (non-hydrogen) atoms. The van der Waals surface area contributed by atoms with Crippen molar-refractivity contribution in [3.05, 3.63) is 18.7 Å². The second-order valence-electron chi connectivity index (χ2n) is 7.35. The predicted molar refractivity (Wildman–Crippen MR) is 88.2 cm³/mol. The quantitative estimate of drug-likeness (QED) is 0.906. The predicted octanol–water partition coefficient (Wildman–Crippen LogP) is 1.85. The van der Waals surface area contributed by atoms with E-state index < -0.39 is 0 Å². The van der Waals surface area contributed by atoms with Crippen molar-refractivity contribution in [2.75, 3.05) is 20.1 Å². The number of nitrogens with one attached hydrogen (secondary N) is 1. The summed E-state index contributed by atoms with van der Waals surface area (Å²) in [5.74, 6) is 0. The van der Waals surface area contributed by atoms with Crippen LogP contribution in [-0.4, -0.2) is 63.6 Å². The van der Waals surface area contributed by atoms with Gasteiger partial charge in [0.15, 0.2) is 0 Å². The molecule has 2 aliphatic heterocycles. The number of carbonyl (C=O) groups is 1. The zero-order valence-electron chi connectivity index (χ0n) is 13.9. The van der Waals surface area contributed by atoms with Crippen LogP contribution in [0.1, 0.15) is 44.6 Å². The molecule has 2 saturated heterocycles. The maximum absolute atomic E-state index is 12.8. The Morgan fingerprint density at radius 1 is 1.17 bits per heavy atom. The van der Waals surface area contributed by atoms with Crippen LogP contribution in [0.15, 0.2) is 18.7 Å². The molecular formula is C17H27N5O. The Bertz CT molecular complexity index is 545. The lowest BCUT2D eigenvalue weighted by Gasteiger charge is -2.29. The summed E-state index contributed by atoms with van der Waals surface area (Å²) in [5, 5.41) is 3.31. The number of likely N-dealkylation sites (tertiary alicyclic amines) is 1. The Morgan fingerprint density at radius 2 is 2.04 bits per heavy atom. The van der Waals surface area contributed by atoms with E-state index in [0.29, 0.717) is 18.1 Å². The first-order valence-corrected chi connectivity index (χ1v) is 8.97. The zero-order chi connectivity index (χ0) is 15.8. The fourth-order valence-corrected chi connectivity index (χ4v) is 4.67. The molecule has 1 saturated carbocycles. The van der Waals surface area contributed by atoms with Gasteiger partial charge < -0.3 is 14.8 Å². The van der Waals surface area contributed by atoms with E-state index in [1.54, 1.807) is 0 Å². The second kappa shape index (κ2) is 6.15. The van der Waals surface area contributed by atoms with Gasteiger partial charge in [-0.25, -0.2) is 9.78 Å². The number of likely N-dealkylation sites (N-methyl/N-ethyl adjacent to an activating group) is 1. The fraction of sp³-hybridized carbons (Fsp3) is 0.765. The number of rotatable bonds is 2. The standard InChI is InChI=1S/C17H27N5O/c1-20-13-5-6-14(20)11-21(9-7-13)17(23)19-15-3-2-4-16(15)22-10-8-18-12-22/h8,10,12-16H,2-7,9,11H2,1H3,(H,19,23). The first-order valence-electron chi connectivity index (χ1n) is 8.97. The van der Waals surface area contributed by atoms with Crippen molar-refractivity contribution in [3.63, 3.8) is 0 Å². The van der Waals surface area contributed by atoms with Crippen molar-refractivity contribution in [3.8, 4) is 0 Å². The average Bonchev–Trinajstić information content (AvgIpc) is 3.21. The van der Waals surface area contributed by atoms with Crippen molar-refractivity contribution >= 4 is 6.03 Å². The fourth-order valence-electron chi connectivity index (χ4n) is 4.67. The van der Waals surface area contributed by atoms with E-state index in [-0.39, 0.29) is 12.1 Å². The first kappa shape index (κ1) is 15.0. The molecule has 6 nitrogen and oxygen atoms in total. The third-order valence-corrected chi connectivity index (χ3v) is 6.13. The van der Waals surface area contributed by atoms with E-state index in [2.05, 4.69) is 26.8 Å². The molecule has 1 aromatic rings. The Morgan fingerprint density at radius 3 is 2.87 bits per heavy atom. The largest absolute Gasteiger partial charge is 0.333 e. The van der Waals surface area contributed by atoms with Crippen molar-refractivity contribution in [1.82, 2.24) is 24.7 Å². The SMILES string of the molecule is CN1C2CCC1CN(C(=O)NC1CCCC1n1ccnc1)CC2. The number of aromatic nitrogens is 2. The topological polar surface area (TPSA) is 53.4 Å². The van der Waals surface area contributed by atoms with Crippen molar-refractivity contribution in [1.29, 1.82) is 0 Å². The minimum absolute atomic E-state index is 0.128. The molecule has 4 unspecified atom stereocenters. The highest BCUT2D eigenvalue weighted by molar-refractivity contribution is 5.74. The molecule has 1 aliphatic carbocycles. The van der Waals surface area contributed by atoms with E-state index in [1.165, 1.54) is 19.3 Å². The third kappa shape index (κ3) is 2.84. The Hall–Kier alpha value is -1.56. The molecule has 1 N–H and O–H groups in total. The van der Waals surface area contributed by atoms with Gasteiger partial charge in [-0.1, -0.05) is 0 Å². The van der Waals surface area contributed by atoms with Crippen LogP contribution in [0.25, 0.3) is 0 Å². The van der Waals surface area contributed by atoms with Gasteiger partial charge >= 0.3 is 6.03 Å². The molecule has 4 atom stereocenters. The van der Waals surface area contributed by atoms with Gasteiger partial charge in [0, 0.05) is 37.6 Å². The maximum atomic E-state index is 12.8. The van der Waals surface area contributed by atoms with Crippen LogP contribution in [0.2, 0.25) is 0 Å². The minimum Gasteiger partial charge on any atom is -0.333 e. The van der Waals surface area contributed by atoms with Gasteiger partial charge in [-0.3, -0.25) is 4.90 Å². The zero-order valence-corrected chi connectivity index (χ0v) is 13.9. The van der Waals surface area contributed by atoms with Crippen LogP contribution in [-0.2, 0) is 0 Å². The van der Waals surface area contributed by atoms with Crippen molar-refractivity contribution in [2.24, 2.45) is 0 Å². The number of imidazole rings is 1. The molecule has 2 bridgehead atoms. The lowest BCUT2D eigenvalue weighted by Crippen LogP contribution is -2.49.